The first-order valence-corrected chi connectivity index (χ1v) is 4.76. The van der Waals surface area contributed by atoms with Crippen LogP contribution in [0.25, 0.3) is 0 Å². The fraction of sp³-hybridized carbons (Fsp3) is 0.364. The van der Waals surface area contributed by atoms with Gasteiger partial charge in [-0.1, -0.05) is 18.2 Å². The van der Waals surface area contributed by atoms with Crippen molar-refractivity contribution in [3.05, 3.63) is 35.4 Å². The van der Waals surface area contributed by atoms with Gasteiger partial charge < -0.3 is 10.8 Å². The first-order valence-electron chi connectivity index (χ1n) is 4.76. The van der Waals surface area contributed by atoms with Crippen LogP contribution in [0.2, 0.25) is 0 Å². The molecular formula is C11H13NO2. The lowest BCUT2D eigenvalue weighted by molar-refractivity contribution is 0.0694. The molecule has 0 amide bonds. The molecule has 0 unspecified atom stereocenters. The van der Waals surface area contributed by atoms with Gasteiger partial charge in [0.1, 0.15) is 0 Å². The molecule has 2 rings (SSSR count). The predicted molar refractivity (Wildman–Crippen MR) is 53.4 cm³/mol. The molecule has 1 aromatic carbocycles. The van der Waals surface area contributed by atoms with Crippen molar-refractivity contribution in [2.45, 2.75) is 24.8 Å². The van der Waals surface area contributed by atoms with Crippen molar-refractivity contribution >= 4 is 5.97 Å². The summed E-state index contributed by atoms with van der Waals surface area (Å²) in [5.74, 6) is -0.502. The van der Waals surface area contributed by atoms with Crippen molar-refractivity contribution < 1.29 is 9.90 Å². The zero-order valence-electron chi connectivity index (χ0n) is 7.81. The zero-order valence-corrected chi connectivity index (χ0v) is 7.81. The van der Waals surface area contributed by atoms with Crippen LogP contribution in [-0.4, -0.2) is 17.1 Å². The molecule has 3 heteroatoms. The maximum absolute atomic E-state index is 10.9. The van der Waals surface area contributed by atoms with Crippen molar-refractivity contribution in [3.63, 3.8) is 0 Å². The minimum atomic E-state index is -0.846. The van der Waals surface area contributed by atoms with Crippen LogP contribution in [0.3, 0.4) is 0 Å². The van der Waals surface area contributed by atoms with Gasteiger partial charge in [-0.2, -0.15) is 0 Å². The molecule has 0 aromatic heterocycles. The number of carbonyl (C=O) groups is 1. The van der Waals surface area contributed by atoms with Gasteiger partial charge in [0, 0.05) is 6.04 Å². The first-order chi connectivity index (χ1) is 6.68. The van der Waals surface area contributed by atoms with E-state index in [4.69, 9.17) is 10.8 Å². The Hall–Kier alpha value is -1.35. The Labute approximate surface area is 82.5 Å². The third-order valence-electron chi connectivity index (χ3n) is 2.81. The maximum atomic E-state index is 10.9. The van der Waals surface area contributed by atoms with Crippen LogP contribution in [0.4, 0.5) is 0 Å². The number of rotatable bonds is 2. The predicted octanol–water partition coefficient (Wildman–Crippen LogP) is 1.59. The highest BCUT2D eigenvalue weighted by molar-refractivity contribution is 5.89. The number of benzene rings is 1. The molecular weight excluding hydrogens is 178 g/mol. The molecule has 0 bridgehead atoms. The van der Waals surface area contributed by atoms with E-state index in [0.29, 0.717) is 11.5 Å². The van der Waals surface area contributed by atoms with E-state index in [1.165, 1.54) is 0 Å². The molecule has 1 aliphatic rings. The molecule has 1 fully saturated rings. The molecule has 0 atom stereocenters. The number of carboxylic acids is 1. The largest absolute Gasteiger partial charge is 0.478 e. The highest BCUT2D eigenvalue weighted by Crippen LogP contribution is 2.37. The van der Waals surface area contributed by atoms with Crippen molar-refractivity contribution in [3.8, 4) is 0 Å². The highest BCUT2D eigenvalue weighted by atomic mass is 16.4. The molecule has 1 aromatic rings. The van der Waals surface area contributed by atoms with E-state index in [1.807, 2.05) is 12.1 Å². The van der Waals surface area contributed by atoms with E-state index in [9.17, 15) is 4.79 Å². The average Bonchev–Trinajstić information content (AvgIpc) is 2.13. The van der Waals surface area contributed by atoms with Gasteiger partial charge in [-0.05, 0) is 30.4 Å². The Morgan fingerprint density at radius 3 is 2.57 bits per heavy atom. The third-order valence-corrected chi connectivity index (χ3v) is 2.81. The summed E-state index contributed by atoms with van der Waals surface area (Å²) in [5.41, 5.74) is 7.04. The number of hydrogen-bond acceptors (Lipinski definition) is 2. The van der Waals surface area contributed by atoms with Gasteiger partial charge in [-0.3, -0.25) is 0 Å². The third kappa shape index (κ3) is 1.51. The molecule has 0 saturated heterocycles. The van der Waals surface area contributed by atoms with Gasteiger partial charge in [-0.25, -0.2) is 4.79 Å². The number of nitrogens with two attached hydrogens (primary N) is 1. The minimum Gasteiger partial charge on any atom is -0.478 e. The van der Waals surface area contributed by atoms with Crippen LogP contribution in [-0.2, 0) is 0 Å². The normalized spacial score (nSPS) is 25.5. The van der Waals surface area contributed by atoms with E-state index in [2.05, 4.69) is 0 Å². The Morgan fingerprint density at radius 1 is 1.36 bits per heavy atom. The second-order valence-electron chi connectivity index (χ2n) is 3.82. The lowest BCUT2D eigenvalue weighted by Crippen LogP contribution is -2.35. The molecule has 3 N–H and O–H groups in total. The molecule has 14 heavy (non-hydrogen) atoms. The highest BCUT2D eigenvalue weighted by Gasteiger charge is 2.29. The lowest BCUT2D eigenvalue weighted by Gasteiger charge is -2.33. The lowest BCUT2D eigenvalue weighted by atomic mass is 9.75. The maximum Gasteiger partial charge on any atom is 0.335 e. The van der Waals surface area contributed by atoms with Crippen LogP contribution in [0.5, 0.6) is 0 Å². The average molecular weight is 191 g/mol. The fourth-order valence-corrected chi connectivity index (χ4v) is 1.96. The van der Waals surface area contributed by atoms with E-state index in [1.54, 1.807) is 12.1 Å². The minimum absolute atomic E-state index is 0.252. The summed E-state index contributed by atoms with van der Waals surface area (Å²) in [4.78, 5) is 10.9. The first kappa shape index (κ1) is 9.21. The van der Waals surface area contributed by atoms with Crippen molar-refractivity contribution in [1.82, 2.24) is 0 Å². The van der Waals surface area contributed by atoms with E-state index in [-0.39, 0.29) is 6.04 Å². The van der Waals surface area contributed by atoms with Gasteiger partial charge in [0.15, 0.2) is 0 Å². The van der Waals surface area contributed by atoms with Gasteiger partial charge in [0.05, 0.1) is 5.56 Å². The molecule has 0 aliphatic heterocycles. The van der Waals surface area contributed by atoms with Crippen molar-refractivity contribution in [1.29, 1.82) is 0 Å². The molecule has 3 nitrogen and oxygen atoms in total. The summed E-state index contributed by atoms with van der Waals surface area (Å²) in [5, 5.41) is 8.97. The number of carboxylic acid groups (broad SMARTS) is 1. The monoisotopic (exact) mass is 191 g/mol. The van der Waals surface area contributed by atoms with Crippen LogP contribution in [0, 0.1) is 0 Å². The number of aromatic carboxylic acids is 1. The molecule has 1 aliphatic carbocycles. The summed E-state index contributed by atoms with van der Waals surface area (Å²) < 4.78 is 0. The van der Waals surface area contributed by atoms with Gasteiger partial charge in [0.2, 0.25) is 0 Å². The molecule has 0 radical (unpaired) electrons. The second kappa shape index (κ2) is 3.42. The fourth-order valence-electron chi connectivity index (χ4n) is 1.96. The quantitative estimate of drug-likeness (QED) is 0.746. The molecule has 1 saturated carbocycles. The van der Waals surface area contributed by atoms with E-state index >= 15 is 0 Å². The summed E-state index contributed by atoms with van der Waals surface area (Å²) in [6.07, 6.45) is 1.81. The molecule has 0 spiro atoms. The van der Waals surface area contributed by atoms with Crippen LogP contribution >= 0.6 is 0 Å². The van der Waals surface area contributed by atoms with Crippen molar-refractivity contribution in [2.75, 3.05) is 0 Å². The number of hydrogen-bond donors (Lipinski definition) is 2. The van der Waals surface area contributed by atoms with Crippen molar-refractivity contribution in [2.24, 2.45) is 5.73 Å². The second-order valence-corrected chi connectivity index (χ2v) is 3.82. The van der Waals surface area contributed by atoms with Crippen LogP contribution < -0.4 is 5.73 Å². The molecule has 0 heterocycles. The van der Waals surface area contributed by atoms with E-state index < -0.39 is 5.97 Å². The molecule has 74 valence electrons. The Morgan fingerprint density at radius 2 is 2.00 bits per heavy atom. The Balaban J connectivity index is 2.28. The summed E-state index contributed by atoms with van der Waals surface area (Å²) >= 11 is 0. The summed E-state index contributed by atoms with van der Waals surface area (Å²) in [6.45, 7) is 0. The van der Waals surface area contributed by atoms with Crippen LogP contribution in [0.1, 0.15) is 34.7 Å². The Bertz CT molecular complexity index is 356. The smallest absolute Gasteiger partial charge is 0.335 e. The summed E-state index contributed by atoms with van der Waals surface area (Å²) in [6, 6.07) is 7.43. The van der Waals surface area contributed by atoms with E-state index in [0.717, 1.165) is 18.4 Å². The Kier molecular flexibility index (Phi) is 2.25. The topological polar surface area (TPSA) is 63.3 Å². The van der Waals surface area contributed by atoms with Crippen LogP contribution in [0.15, 0.2) is 24.3 Å². The van der Waals surface area contributed by atoms with Gasteiger partial charge in [0.25, 0.3) is 0 Å². The zero-order chi connectivity index (χ0) is 10.1. The van der Waals surface area contributed by atoms with Gasteiger partial charge >= 0.3 is 5.97 Å². The standard InChI is InChI=1S/C11H13NO2/c12-8-5-7(6-8)9-3-1-2-4-10(9)11(13)14/h1-4,7-8H,5-6,12H2,(H,13,14). The van der Waals surface area contributed by atoms with Gasteiger partial charge in [-0.15, -0.1) is 0 Å². The summed E-state index contributed by atoms with van der Waals surface area (Å²) in [7, 11) is 0. The SMILES string of the molecule is NC1CC(c2ccccc2C(=O)O)C1.